The number of halogens is 3. The van der Waals surface area contributed by atoms with Crippen molar-refractivity contribution in [3.8, 4) is 5.75 Å². The fraction of sp³-hybridized carbons (Fsp3) is 0.727. The number of hydrogen-bond acceptors (Lipinski definition) is 4. The maximum atomic E-state index is 13.5. The smallest absolute Gasteiger partial charge is 0.419 e. The second kappa shape index (κ2) is 11.8. The fourth-order valence-electron chi connectivity index (χ4n) is 3.07. The maximum absolute atomic E-state index is 13.5. The van der Waals surface area contributed by atoms with Crippen LogP contribution in [0.4, 0.5) is 13.2 Å². The van der Waals surface area contributed by atoms with Gasteiger partial charge in [-0.3, -0.25) is 0 Å². The third kappa shape index (κ3) is 9.36. The van der Waals surface area contributed by atoms with Gasteiger partial charge < -0.3 is 20.7 Å². The van der Waals surface area contributed by atoms with Crippen molar-refractivity contribution >= 4 is 0 Å². The van der Waals surface area contributed by atoms with E-state index >= 15 is 0 Å². The predicted molar refractivity (Wildman–Crippen MR) is 109 cm³/mol. The Labute approximate surface area is 172 Å². The Bertz CT molecular complexity index is 601. The molecule has 1 atom stereocenters. The second-order valence-corrected chi connectivity index (χ2v) is 8.57. The van der Waals surface area contributed by atoms with Crippen LogP contribution in [0.25, 0.3) is 0 Å². The molecule has 0 heterocycles. The van der Waals surface area contributed by atoms with E-state index in [0.29, 0.717) is 23.8 Å². The van der Waals surface area contributed by atoms with Crippen LogP contribution in [0.15, 0.2) is 18.2 Å². The molecule has 1 aromatic rings. The van der Waals surface area contributed by atoms with Gasteiger partial charge in [-0.25, -0.2) is 0 Å². The monoisotopic (exact) mass is 419 g/mol. The van der Waals surface area contributed by atoms with Crippen molar-refractivity contribution in [2.45, 2.75) is 71.0 Å². The molecule has 0 aliphatic carbocycles. The quantitative estimate of drug-likeness (QED) is 0.438. The number of hydrogen-bond donors (Lipinski definition) is 3. The molecule has 0 fully saturated rings. The predicted octanol–water partition coefficient (Wildman–Crippen LogP) is 4.55. The van der Waals surface area contributed by atoms with Crippen molar-refractivity contribution < 1.29 is 28.1 Å². The number of alkyl halides is 3. The molecule has 1 rings (SSSR count). The van der Waals surface area contributed by atoms with E-state index in [0.717, 1.165) is 25.3 Å². The summed E-state index contributed by atoms with van der Waals surface area (Å²) in [5.74, 6) is 0.890. The highest BCUT2D eigenvalue weighted by molar-refractivity contribution is 5.39. The van der Waals surface area contributed by atoms with Crippen LogP contribution in [0.3, 0.4) is 0 Å². The van der Waals surface area contributed by atoms with E-state index in [1.807, 2.05) is 0 Å². The lowest BCUT2D eigenvalue weighted by Crippen LogP contribution is -2.47. The van der Waals surface area contributed by atoms with Gasteiger partial charge in [-0.15, -0.1) is 0 Å². The molecule has 0 radical (unpaired) electrons. The maximum Gasteiger partial charge on any atom is 0.419 e. The topological polar surface area (TPSA) is 75.7 Å². The first-order valence-electron chi connectivity index (χ1n) is 10.3. The van der Waals surface area contributed by atoms with E-state index in [1.54, 1.807) is 6.07 Å². The first-order valence-corrected chi connectivity index (χ1v) is 10.3. The standard InChI is InChI=1S/C22H36F3NO3/c1-16(2)5-4-6-17(3)10-12-29-20-8-7-18(13-19(20)22(23,24)25)9-11-21(26,14-27)15-28/h7-8,13,16-17,27-28H,4-6,9-12,14-15,26H2,1-3H3. The Morgan fingerprint density at radius 1 is 1.03 bits per heavy atom. The lowest BCUT2D eigenvalue weighted by molar-refractivity contribution is -0.139. The molecule has 168 valence electrons. The van der Waals surface area contributed by atoms with Crippen LogP contribution in [0.5, 0.6) is 5.75 Å². The van der Waals surface area contributed by atoms with Gasteiger partial charge in [0.15, 0.2) is 0 Å². The van der Waals surface area contributed by atoms with Gasteiger partial charge in [0, 0.05) is 0 Å². The van der Waals surface area contributed by atoms with E-state index in [9.17, 15) is 23.4 Å². The van der Waals surface area contributed by atoms with Crippen molar-refractivity contribution in [3.63, 3.8) is 0 Å². The molecule has 1 unspecified atom stereocenters. The van der Waals surface area contributed by atoms with Crippen molar-refractivity contribution in [1.29, 1.82) is 0 Å². The molecule has 0 saturated carbocycles. The summed E-state index contributed by atoms with van der Waals surface area (Å²) in [6, 6.07) is 3.99. The highest BCUT2D eigenvalue weighted by atomic mass is 19.4. The molecule has 0 aliphatic heterocycles. The minimum Gasteiger partial charge on any atom is -0.493 e. The molecule has 29 heavy (non-hydrogen) atoms. The van der Waals surface area contributed by atoms with Crippen LogP contribution in [0, 0.1) is 11.8 Å². The lowest BCUT2D eigenvalue weighted by Gasteiger charge is -2.24. The normalized spacial score (nSPS) is 13.7. The third-order valence-electron chi connectivity index (χ3n) is 5.24. The van der Waals surface area contributed by atoms with Crippen molar-refractivity contribution in [3.05, 3.63) is 29.3 Å². The highest BCUT2D eigenvalue weighted by Crippen LogP contribution is 2.37. The molecule has 0 amide bonds. The van der Waals surface area contributed by atoms with Gasteiger partial charge in [-0.05, 0) is 48.8 Å². The summed E-state index contributed by atoms with van der Waals surface area (Å²) in [5.41, 5.74) is 4.21. The first-order chi connectivity index (χ1) is 13.5. The average Bonchev–Trinajstić information content (AvgIpc) is 2.65. The summed E-state index contributed by atoms with van der Waals surface area (Å²) in [5, 5.41) is 18.5. The molecule has 0 saturated heterocycles. The summed E-state index contributed by atoms with van der Waals surface area (Å²) >= 11 is 0. The van der Waals surface area contributed by atoms with Crippen LogP contribution in [0.1, 0.15) is 64.0 Å². The Kier molecular flexibility index (Phi) is 10.4. The summed E-state index contributed by atoms with van der Waals surface area (Å²) in [7, 11) is 0. The Hall–Kier alpha value is -1.31. The molecule has 4 N–H and O–H groups in total. The van der Waals surface area contributed by atoms with Gasteiger partial charge in [0.05, 0.1) is 30.9 Å². The Morgan fingerprint density at radius 2 is 1.69 bits per heavy atom. The summed E-state index contributed by atoms with van der Waals surface area (Å²) < 4.78 is 45.9. The molecule has 0 spiro atoms. The zero-order valence-electron chi connectivity index (χ0n) is 17.8. The molecule has 0 bridgehead atoms. The van der Waals surface area contributed by atoms with Crippen LogP contribution in [-0.2, 0) is 12.6 Å². The molecule has 1 aromatic carbocycles. The molecule has 7 heteroatoms. The SMILES string of the molecule is CC(C)CCCC(C)CCOc1ccc(CCC(N)(CO)CO)cc1C(F)(F)F. The van der Waals surface area contributed by atoms with E-state index < -0.39 is 30.5 Å². The van der Waals surface area contributed by atoms with Gasteiger partial charge in [0.2, 0.25) is 0 Å². The number of aliphatic hydroxyl groups excluding tert-OH is 2. The number of nitrogens with two attached hydrogens (primary N) is 1. The van der Waals surface area contributed by atoms with E-state index in [2.05, 4.69) is 20.8 Å². The fourth-order valence-corrected chi connectivity index (χ4v) is 3.07. The minimum atomic E-state index is -4.53. The molecule has 0 aliphatic rings. The second-order valence-electron chi connectivity index (χ2n) is 8.57. The molecular formula is C22H36F3NO3. The van der Waals surface area contributed by atoms with Crippen molar-refractivity contribution in [2.75, 3.05) is 19.8 Å². The largest absolute Gasteiger partial charge is 0.493 e. The Morgan fingerprint density at radius 3 is 2.24 bits per heavy atom. The number of aliphatic hydroxyl groups is 2. The van der Waals surface area contributed by atoms with Crippen LogP contribution >= 0.6 is 0 Å². The third-order valence-corrected chi connectivity index (χ3v) is 5.24. The van der Waals surface area contributed by atoms with Crippen LogP contribution in [-0.4, -0.2) is 35.6 Å². The number of benzene rings is 1. The van der Waals surface area contributed by atoms with Crippen molar-refractivity contribution in [2.24, 2.45) is 17.6 Å². The number of aryl methyl sites for hydroxylation is 1. The number of ether oxygens (including phenoxy) is 1. The van der Waals surface area contributed by atoms with Crippen LogP contribution < -0.4 is 10.5 Å². The molecular weight excluding hydrogens is 383 g/mol. The van der Waals surface area contributed by atoms with Crippen molar-refractivity contribution in [1.82, 2.24) is 0 Å². The average molecular weight is 420 g/mol. The zero-order valence-corrected chi connectivity index (χ0v) is 17.8. The summed E-state index contributed by atoms with van der Waals surface area (Å²) in [6.45, 7) is 5.82. The lowest BCUT2D eigenvalue weighted by atomic mass is 9.93. The van der Waals surface area contributed by atoms with Gasteiger partial charge in [-0.2, -0.15) is 13.2 Å². The van der Waals surface area contributed by atoms with Gasteiger partial charge in [0.25, 0.3) is 0 Å². The summed E-state index contributed by atoms with van der Waals surface area (Å²) in [4.78, 5) is 0. The molecule has 0 aromatic heterocycles. The number of rotatable bonds is 13. The minimum absolute atomic E-state index is 0.168. The van der Waals surface area contributed by atoms with Crippen LogP contribution in [0.2, 0.25) is 0 Å². The molecule has 4 nitrogen and oxygen atoms in total. The zero-order chi connectivity index (χ0) is 22.1. The summed E-state index contributed by atoms with van der Waals surface area (Å²) in [6.07, 6.45) is -0.114. The van der Waals surface area contributed by atoms with Gasteiger partial charge in [-0.1, -0.05) is 46.1 Å². The first kappa shape index (κ1) is 25.7. The van der Waals surface area contributed by atoms with E-state index in [1.165, 1.54) is 6.07 Å². The Balaban J connectivity index is 2.70. The highest BCUT2D eigenvalue weighted by Gasteiger charge is 2.35. The van der Waals surface area contributed by atoms with Gasteiger partial charge >= 0.3 is 6.18 Å². The van der Waals surface area contributed by atoms with E-state index in [-0.39, 0.29) is 25.2 Å². The van der Waals surface area contributed by atoms with Gasteiger partial charge in [0.1, 0.15) is 5.75 Å². The van der Waals surface area contributed by atoms with E-state index in [4.69, 9.17) is 10.5 Å².